The minimum Gasteiger partial charge on any atom is -0.463 e. The first kappa shape index (κ1) is 9.19. The maximum atomic E-state index is 10.2. The molecule has 0 aromatic rings. The average molecular weight is 149 g/mol. The lowest BCUT2D eigenvalue weighted by atomic mass is 10.9. The van der Waals surface area contributed by atoms with Gasteiger partial charge in [-0.25, -0.2) is 4.79 Å². The molecule has 0 aromatic carbocycles. The van der Waals surface area contributed by atoms with Crippen LogP contribution in [0, 0.1) is 0 Å². The molecular formula is C5H11NO4. The van der Waals surface area contributed by atoms with Gasteiger partial charge in [-0.15, -0.1) is 0 Å². The quantitative estimate of drug-likeness (QED) is 0.467. The molecule has 0 aromatic heterocycles. The smallest absolute Gasteiger partial charge is 0.433 e. The van der Waals surface area contributed by atoms with Crippen molar-refractivity contribution < 1.29 is 19.5 Å². The van der Waals surface area contributed by atoms with E-state index in [9.17, 15) is 4.79 Å². The SMILES string of the molecule is CCON(COC)C(=O)O. The molecule has 0 aliphatic rings. The largest absolute Gasteiger partial charge is 0.463 e. The summed E-state index contributed by atoms with van der Waals surface area (Å²) in [7, 11) is 1.40. The summed E-state index contributed by atoms with van der Waals surface area (Å²) >= 11 is 0. The lowest BCUT2D eigenvalue weighted by molar-refractivity contribution is -0.170. The van der Waals surface area contributed by atoms with Gasteiger partial charge in [-0.1, -0.05) is 0 Å². The molecule has 0 aliphatic carbocycles. The van der Waals surface area contributed by atoms with E-state index in [0.29, 0.717) is 6.61 Å². The van der Waals surface area contributed by atoms with E-state index >= 15 is 0 Å². The molecule has 0 unspecified atom stereocenters. The summed E-state index contributed by atoms with van der Waals surface area (Å²) in [5, 5.41) is 9.08. The maximum Gasteiger partial charge on any atom is 0.433 e. The van der Waals surface area contributed by atoms with Crippen molar-refractivity contribution in [3.05, 3.63) is 0 Å². The second-order valence-corrected chi connectivity index (χ2v) is 1.50. The van der Waals surface area contributed by atoms with Crippen molar-refractivity contribution in [2.24, 2.45) is 0 Å². The molecule has 0 saturated heterocycles. The van der Waals surface area contributed by atoms with Gasteiger partial charge in [0.05, 0.1) is 6.61 Å². The highest BCUT2D eigenvalue weighted by Crippen LogP contribution is 1.90. The Morgan fingerprint density at radius 1 is 1.70 bits per heavy atom. The summed E-state index contributed by atoms with van der Waals surface area (Å²) in [6, 6.07) is 0. The fourth-order valence-electron chi connectivity index (χ4n) is 0.421. The normalized spacial score (nSPS) is 9.40. The van der Waals surface area contributed by atoms with Crippen LogP contribution in [0.4, 0.5) is 4.79 Å². The Kier molecular flexibility index (Phi) is 4.61. The van der Waals surface area contributed by atoms with Gasteiger partial charge in [0.15, 0.2) is 0 Å². The molecule has 1 N–H and O–H groups in total. The summed E-state index contributed by atoms with van der Waals surface area (Å²) in [5.41, 5.74) is 0. The van der Waals surface area contributed by atoms with Crippen LogP contribution in [-0.4, -0.2) is 36.7 Å². The molecular weight excluding hydrogens is 138 g/mol. The Labute approximate surface area is 59.1 Å². The molecule has 60 valence electrons. The van der Waals surface area contributed by atoms with Gasteiger partial charge in [0.1, 0.15) is 6.73 Å². The molecule has 5 nitrogen and oxygen atoms in total. The molecule has 0 fully saturated rings. The van der Waals surface area contributed by atoms with Crippen LogP contribution < -0.4 is 0 Å². The summed E-state index contributed by atoms with van der Waals surface area (Å²) in [4.78, 5) is 14.9. The Hall–Kier alpha value is -0.810. The number of ether oxygens (including phenoxy) is 1. The maximum absolute atomic E-state index is 10.2. The van der Waals surface area contributed by atoms with Crippen molar-refractivity contribution in [2.75, 3.05) is 20.4 Å². The van der Waals surface area contributed by atoms with Crippen molar-refractivity contribution in [3.8, 4) is 0 Å². The lowest BCUT2D eigenvalue weighted by Gasteiger charge is -2.15. The van der Waals surface area contributed by atoms with E-state index in [1.807, 2.05) is 0 Å². The summed E-state index contributed by atoms with van der Waals surface area (Å²) < 4.78 is 4.54. The van der Waals surface area contributed by atoms with Crippen molar-refractivity contribution in [1.82, 2.24) is 5.06 Å². The number of hydrogen-bond acceptors (Lipinski definition) is 3. The summed E-state index contributed by atoms with van der Waals surface area (Å²) in [6.45, 7) is 1.95. The van der Waals surface area contributed by atoms with E-state index in [2.05, 4.69) is 9.57 Å². The van der Waals surface area contributed by atoms with Crippen LogP contribution in [0.5, 0.6) is 0 Å². The molecule has 5 heteroatoms. The zero-order chi connectivity index (χ0) is 7.98. The zero-order valence-corrected chi connectivity index (χ0v) is 6.03. The molecule has 0 atom stereocenters. The third-order valence-corrected chi connectivity index (χ3v) is 0.745. The zero-order valence-electron chi connectivity index (χ0n) is 6.03. The van der Waals surface area contributed by atoms with Gasteiger partial charge in [0.25, 0.3) is 0 Å². The molecule has 0 saturated carbocycles. The predicted octanol–water partition coefficient (Wildman–Crippen LogP) is 0.522. The highest BCUT2D eigenvalue weighted by molar-refractivity contribution is 5.63. The molecule has 0 rings (SSSR count). The van der Waals surface area contributed by atoms with Crippen molar-refractivity contribution in [2.45, 2.75) is 6.92 Å². The van der Waals surface area contributed by atoms with Crippen LogP contribution in [-0.2, 0) is 9.57 Å². The van der Waals surface area contributed by atoms with E-state index < -0.39 is 6.09 Å². The first-order valence-corrected chi connectivity index (χ1v) is 2.84. The molecule has 0 bridgehead atoms. The van der Waals surface area contributed by atoms with Gasteiger partial charge >= 0.3 is 6.09 Å². The van der Waals surface area contributed by atoms with Gasteiger partial charge in [-0.2, -0.15) is 5.06 Å². The van der Waals surface area contributed by atoms with Crippen LogP contribution in [0.2, 0.25) is 0 Å². The molecule has 0 aliphatic heterocycles. The number of rotatable bonds is 4. The lowest BCUT2D eigenvalue weighted by Crippen LogP contribution is -2.31. The topological polar surface area (TPSA) is 59.0 Å². The van der Waals surface area contributed by atoms with Crippen LogP contribution in [0.15, 0.2) is 0 Å². The van der Waals surface area contributed by atoms with E-state index in [4.69, 9.17) is 5.11 Å². The van der Waals surface area contributed by atoms with Crippen LogP contribution in [0.1, 0.15) is 6.92 Å². The second kappa shape index (κ2) is 5.01. The van der Waals surface area contributed by atoms with Crippen LogP contribution in [0.3, 0.4) is 0 Å². The number of hydrogen-bond donors (Lipinski definition) is 1. The minimum absolute atomic E-state index is 0.0663. The van der Waals surface area contributed by atoms with Gasteiger partial charge in [-0.05, 0) is 6.92 Å². The molecule has 0 radical (unpaired) electrons. The number of hydroxylamine groups is 2. The van der Waals surface area contributed by atoms with Crippen molar-refractivity contribution in [1.29, 1.82) is 0 Å². The Bertz CT molecular complexity index is 99.8. The van der Waals surface area contributed by atoms with Crippen LogP contribution in [0.25, 0.3) is 0 Å². The predicted molar refractivity (Wildman–Crippen MR) is 33.4 cm³/mol. The van der Waals surface area contributed by atoms with Gasteiger partial charge in [0.2, 0.25) is 0 Å². The van der Waals surface area contributed by atoms with E-state index in [1.54, 1.807) is 6.92 Å². The number of nitrogens with zero attached hydrogens (tertiary/aromatic N) is 1. The van der Waals surface area contributed by atoms with Crippen LogP contribution >= 0.6 is 0 Å². The third kappa shape index (κ3) is 3.26. The summed E-state index contributed by atoms with van der Waals surface area (Å²) in [6.07, 6.45) is -1.15. The first-order chi connectivity index (χ1) is 4.72. The minimum atomic E-state index is -1.15. The number of amides is 1. The molecule has 0 spiro atoms. The highest BCUT2D eigenvalue weighted by Gasteiger charge is 2.09. The van der Waals surface area contributed by atoms with Crippen molar-refractivity contribution >= 4 is 6.09 Å². The number of carbonyl (C=O) groups is 1. The Balaban J connectivity index is 3.61. The fraction of sp³-hybridized carbons (Fsp3) is 0.800. The summed E-state index contributed by atoms with van der Waals surface area (Å²) in [5.74, 6) is 0. The Morgan fingerprint density at radius 3 is 2.60 bits per heavy atom. The molecule has 1 amide bonds. The average Bonchev–Trinajstić information content (AvgIpc) is 1.87. The van der Waals surface area contributed by atoms with Gasteiger partial charge in [0, 0.05) is 7.11 Å². The third-order valence-electron chi connectivity index (χ3n) is 0.745. The van der Waals surface area contributed by atoms with Gasteiger partial charge < -0.3 is 9.84 Å². The second-order valence-electron chi connectivity index (χ2n) is 1.50. The van der Waals surface area contributed by atoms with E-state index in [0.717, 1.165) is 5.06 Å². The van der Waals surface area contributed by atoms with Crippen molar-refractivity contribution in [3.63, 3.8) is 0 Å². The molecule has 10 heavy (non-hydrogen) atoms. The van der Waals surface area contributed by atoms with E-state index in [-0.39, 0.29) is 6.73 Å². The van der Waals surface area contributed by atoms with Gasteiger partial charge in [-0.3, -0.25) is 4.84 Å². The first-order valence-electron chi connectivity index (χ1n) is 2.84. The van der Waals surface area contributed by atoms with E-state index in [1.165, 1.54) is 7.11 Å². The monoisotopic (exact) mass is 149 g/mol. The number of methoxy groups -OCH3 is 1. The fourth-order valence-corrected chi connectivity index (χ4v) is 0.421. The highest BCUT2D eigenvalue weighted by atomic mass is 16.7. The standard InChI is InChI=1S/C5H11NO4/c1-3-10-6(4-9-2)5(7)8/h3-4H2,1-2H3,(H,7,8). The Morgan fingerprint density at radius 2 is 2.30 bits per heavy atom. The molecule has 0 heterocycles. The number of carboxylic acid groups (broad SMARTS) is 1.